The summed E-state index contributed by atoms with van der Waals surface area (Å²) in [6.07, 6.45) is 7.26. The molecule has 3 aromatic rings. The SMILES string of the molecule is Cc1noc2ncc(C(=O)N3CCC[C@H]3Cn3cccn3)cc12. The lowest BCUT2D eigenvalue weighted by atomic mass is 10.1. The van der Waals surface area contributed by atoms with Crippen molar-refractivity contribution < 1.29 is 9.32 Å². The quantitative estimate of drug-likeness (QED) is 0.739. The van der Waals surface area contributed by atoms with Crippen molar-refractivity contribution in [2.45, 2.75) is 32.4 Å². The number of aromatic nitrogens is 4. The fraction of sp³-hybridized carbons (Fsp3) is 0.375. The Morgan fingerprint density at radius 2 is 2.39 bits per heavy atom. The third-order valence-electron chi connectivity index (χ3n) is 4.35. The van der Waals surface area contributed by atoms with Crippen LogP contribution in [0.1, 0.15) is 28.9 Å². The van der Waals surface area contributed by atoms with Crippen molar-refractivity contribution in [2.75, 3.05) is 6.54 Å². The van der Waals surface area contributed by atoms with Gasteiger partial charge in [-0.05, 0) is 31.9 Å². The fourth-order valence-electron chi connectivity index (χ4n) is 3.15. The highest BCUT2D eigenvalue weighted by atomic mass is 16.5. The molecule has 0 aromatic carbocycles. The van der Waals surface area contributed by atoms with Crippen molar-refractivity contribution in [1.82, 2.24) is 24.8 Å². The monoisotopic (exact) mass is 311 g/mol. The van der Waals surface area contributed by atoms with Crippen LogP contribution in [-0.2, 0) is 6.54 Å². The van der Waals surface area contributed by atoms with Crippen molar-refractivity contribution in [1.29, 1.82) is 0 Å². The number of fused-ring (bicyclic) bond motifs is 1. The van der Waals surface area contributed by atoms with E-state index in [9.17, 15) is 4.79 Å². The van der Waals surface area contributed by atoms with Crippen molar-refractivity contribution in [3.05, 3.63) is 42.0 Å². The summed E-state index contributed by atoms with van der Waals surface area (Å²) in [6.45, 7) is 3.34. The van der Waals surface area contributed by atoms with Crippen LogP contribution in [0.15, 0.2) is 35.2 Å². The summed E-state index contributed by atoms with van der Waals surface area (Å²) in [5.74, 6) is 0.00894. The van der Waals surface area contributed by atoms with Gasteiger partial charge in [0, 0.05) is 25.1 Å². The smallest absolute Gasteiger partial charge is 0.257 e. The molecule has 0 unspecified atom stereocenters. The van der Waals surface area contributed by atoms with E-state index in [0.717, 1.165) is 37.0 Å². The molecule has 1 aliphatic heterocycles. The second-order valence-corrected chi connectivity index (χ2v) is 5.87. The van der Waals surface area contributed by atoms with Gasteiger partial charge in [0.05, 0.1) is 29.2 Å². The zero-order valence-corrected chi connectivity index (χ0v) is 12.8. The van der Waals surface area contributed by atoms with E-state index < -0.39 is 0 Å². The minimum Gasteiger partial charge on any atom is -0.336 e. The maximum atomic E-state index is 12.9. The number of carbonyl (C=O) groups excluding carboxylic acids is 1. The Kier molecular flexibility index (Phi) is 3.33. The van der Waals surface area contributed by atoms with Crippen molar-refractivity contribution >= 4 is 17.0 Å². The van der Waals surface area contributed by atoms with Gasteiger partial charge >= 0.3 is 0 Å². The second-order valence-electron chi connectivity index (χ2n) is 5.87. The first kappa shape index (κ1) is 13.9. The molecule has 0 bridgehead atoms. The number of nitrogens with zero attached hydrogens (tertiary/aromatic N) is 5. The summed E-state index contributed by atoms with van der Waals surface area (Å²) in [4.78, 5) is 19.0. The summed E-state index contributed by atoms with van der Waals surface area (Å²) in [5.41, 5.74) is 1.79. The first-order valence-corrected chi connectivity index (χ1v) is 7.73. The largest absolute Gasteiger partial charge is 0.336 e. The van der Waals surface area contributed by atoms with Gasteiger partial charge in [-0.15, -0.1) is 0 Å². The normalized spacial score (nSPS) is 18.0. The average Bonchev–Trinajstić information content (AvgIpc) is 3.29. The molecule has 118 valence electrons. The van der Waals surface area contributed by atoms with Crippen molar-refractivity contribution in [3.63, 3.8) is 0 Å². The van der Waals surface area contributed by atoms with E-state index >= 15 is 0 Å². The highest BCUT2D eigenvalue weighted by Gasteiger charge is 2.30. The molecule has 0 saturated carbocycles. The topological polar surface area (TPSA) is 77.0 Å². The minimum atomic E-state index is 0.00894. The third-order valence-corrected chi connectivity index (χ3v) is 4.35. The molecule has 4 heterocycles. The molecule has 23 heavy (non-hydrogen) atoms. The zero-order chi connectivity index (χ0) is 15.8. The first-order chi connectivity index (χ1) is 11.2. The minimum absolute atomic E-state index is 0.00894. The van der Waals surface area contributed by atoms with Crippen LogP contribution in [0.5, 0.6) is 0 Å². The Morgan fingerprint density at radius 1 is 1.48 bits per heavy atom. The predicted octanol–water partition coefficient (Wildman–Crippen LogP) is 2.03. The van der Waals surface area contributed by atoms with E-state index in [2.05, 4.69) is 15.2 Å². The summed E-state index contributed by atoms with van der Waals surface area (Å²) in [6, 6.07) is 3.88. The average molecular weight is 311 g/mol. The maximum Gasteiger partial charge on any atom is 0.257 e. The number of aryl methyl sites for hydroxylation is 1. The molecule has 0 N–H and O–H groups in total. The Morgan fingerprint density at radius 3 is 3.22 bits per heavy atom. The van der Waals surface area contributed by atoms with E-state index in [0.29, 0.717) is 11.3 Å². The molecule has 1 aliphatic rings. The lowest BCUT2D eigenvalue weighted by Crippen LogP contribution is -2.38. The van der Waals surface area contributed by atoms with Crippen molar-refractivity contribution in [3.8, 4) is 0 Å². The molecule has 1 fully saturated rings. The molecule has 0 spiro atoms. The molecular formula is C16H17N5O2. The number of pyridine rings is 1. The molecule has 1 saturated heterocycles. The van der Waals surface area contributed by atoms with E-state index in [1.54, 1.807) is 12.4 Å². The van der Waals surface area contributed by atoms with E-state index in [1.807, 2.05) is 34.8 Å². The zero-order valence-electron chi connectivity index (χ0n) is 12.8. The van der Waals surface area contributed by atoms with Crippen LogP contribution in [-0.4, -0.2) is 43.3 Å². The molecule has 3 aromatic heterocycles. The molecule has 7 nitrogen and oxygen atoms in total. The maximum absolute atomic E-state index is 12.9. The van der Waals surface area contributed by atoms with Crippen LogP contribution in [0, 0.1) is 6.92 Å². The van der Waals surface area contributed by atoms with Gasteiger partial charge in [0.2, 0.25) is 0 Å². The lowest BCUT2D eigenvalue weighted by Gasteiger charge is -2.24. The van der Waals surface area contributed by atoms with Gasteiger partial charge in [-0.1, -0.05) is 5.16 Å². The Labute approximate surface area is 132 Å². The van der Waals surface area contributed by atoms with E-state index in [-0.39, 0.29) is 11.9 Å². The van der Waals surface area contributed by atoms with Crippen LogP contribution in [0.4, 0.5) is 0 Å². The molecule has 7 heteroatoms. The van der Waals surface area contributed by atoms with Crippen LogP contribution in [0.2, 0.25) is 0 Å². The molecule has 4 rings (SSSR count). The molecule has 0 aliphatic carbocycles. The van der Waals surface area contributed by atoms with Crippen LogP contribution in [0.3, 0.4) is 0 Å². The van der Waals surface area contributed by atoms with E-state index in [1.165, 1.54) is 0 Å². The summed E-state index contributed by atoms with van der Waals surface area (Å²) >= 11 is 0. The number of hydrogen-bond donors (Lipinski definition) is 0. The highest BCUT2D eigenvalue weighted by molar-refractivity contribution is 5.97. The third kappa shape index (κ3) is 2.48. The molecular weight excluding hydrogens is 294 g/mol. The van der Waals surface area contributed by atoms with E-state index in [4.69, 9.17) is 4.52 Å². The number of carbonyl (C=O) groups is 1. The number of amides is 1. The lowest BCUT2D eigenvalue weighted by molar-refractivity contribution is 0.0721. The van der Waals surface area contributed by atoms with Gasteiger partial charge in [0.25, 0.3) is 11.6 Å². The predicted molar refractivity (Wildman–Crippen MR) is 82.8 cm³/mol. The number of rotatable bonds is 3. The second kappa shape index (κ2) is 5.49. The Hall–Kier alpha value is -2.70. The van der Waals surface area contributed by atoms with Gasteiger partial charge < -0.3 is 9.42 Å². The molecule has 1 amide bonds. The van der Waals surface area contributed by atoms with Gasteiger partial charge in [-0.3, -0.25) is 9.48 Å². The van der Waals surface area contributed by atoms with Gasteiger partial charge in [0.15, 0.2) is 0 Å². The molecule has 1 atom stereocenters. The molecule has 0 radical (unpaired) electrons. The standard InChI is InChI=1S/C16H17N5O2/c1-11-14-8-12(9-17-15(14)23-19-11)16(22)21-7-2-4-13(21)10-20-6-3-5-18-20/h3,5-6,8-9,13H,2,4,7,10H2,1H3/t13-/m0/s1. The van der Waals surface area contributed by atoms with Gasteiger partial charge in [-0.2, -0.15) is 5.10 Å². The van der Waals surface area contributed by atoms with Gasteiger partial charge in [-0.25, -0.2) is 4.98 Å². The highest BCUT2D eigenvalue weighted by Crippen LogP contribution is 2.23. The number of hydrogen-bond acceptors (Lipinski definition) is 5. The van der Waals surface area contributed by atoms with Crippen LogP contribution >= 0.6 is 0 Å². The van der Waals surface area contributed by atoms with Gasteiger partial charge in [0.1, 0.15) is 0 Å². The fourth-order valence-corrected chi connectivity index (χ4v) is 3.15. The summed E-state index contributed by atoms with van der Waals surface area (Å²) in [5, 5.41) is 8.91. The summed E-state index contributed by atoms with van der Waals surface area (Å²) in [7, 11) is 0. The van der Waals surface area contributed by atoms with Crippen LogP contribution < -0.4 is 0 Å². The first-order valence-electron chi connectivity index (χ1n) is 7.73. The summed E-state index contributed by atoms with van der Waals surface area (Å²) < 4.78 is 6.98. The van der Waals surface area contributed by atoms with Crippen molar-refractivity contribution in [2.24, 2.45) is 0 Å². The Balaban J connectivity index is 1.59. The Bertz CT molecular complexity index is 839. The van der Waals surface area contributed by atoms with Crippen LogP contribution in [0.25, 0.3) is 11.1 Å². The number of likely N-dealkylation sites (tertiary alicyclic amines) is 1.